The molecule has 0 aliphatic carbocycles. The Bertz CT molecular complexity index is 668. The summed E-state index contributed by atoms with van der Waals surface area (Å²) in [4.78, 5) is 21.0. The number of rotatable bonds is 7. The number of carboxylic acids is 1. The summed E-state index contributed by atoms with van der Waals surface area (Å²) < 4.78 is 26.9. The molecule has 0 fully saturated rings. The lowest BCUT2D eigenvalue weighted by atomic mass is 10.1. The van der Waals surface area contributed by atoms with E-state index in [4.69, 9.17) is 9.84 Å². The molecule has 0 spiro atoms. The molecule has 9 heteroatoms. The Kier molecular flexibility index (Phi) is 9.77. The molecule has 8 nitrogen and oxygen atoms in total. The van der Waals surface area contributed by atoms with E-state index in [1.165, 1.54) is 0 Å². The topological polar surface area (TPSA) is 136 Å². The van der Waals surface area contributed by atoms with Gasteiger partial charge in [-0.1, -0.05) is 18.2 Å². The van der Waals surface area contributed by atoms with Gasteiger partial charge in [0.25, 0.3) is 0 Å². The molecule has 0 bridgehead atoms. The van der Waals surface area contributed by atoms with Crippen LogP contribution in [0.3, 0.4) is 0 Å². The van der Waals surface area contributed by atoms with Crippen LogP contribution in [0.25, 0.3) is 0 Å². The van der Waals surface area contributed by atoms with E-state index in [1.807, 2.05) is 32.0 Å². The summed E-state index contributed by atoms with van der Waals surface area (Å²) >= 11 is 0. The van der Waals surface area contributed by atoms with Crippen molar-refractivity contribution >= 4 is 27.5 Å². The summed E-state index contributed by atoms with van der Waals surface area (Å²) in [6.07, 6.45) is 1.11. The first-order valence-corrected chi connectivity index (χ1v) is 9.63. The number of aryl methyl sites for hydroxylation is 2. The highest BCUT2D eigenvalue weighted by atomic mass is 32.2. The molecule has 0 unspecified atom stereocenters. The van der Waals surface area contributed by atoms with Gasteiger partial charge in [0.2, 0.25) is 0 Å². The van der Waals surface area contributed by atoms with Crippen molar-refractivity contribution in [1.29, 1.82) is 0 Å². The maximum atomic E-state index is 11.8. The van der Waals surface area contributed by atoms with Crippen molar-refractivity contribution < 1.29 is 27.9 Å². The predicted octanol–water partition coefficient (Wildman–Crippen LogP) is 0.721. The molecule has 0 amide bonds. The molecule has 25 heavy (non-hydrogen) atoms. The molecule has 0 saturated carbocycles. The van der Waals surface area contributed by atoms with Gasteiger partial charge >= 0.3 is 11.9 Å². The van der Waals surface area contributed by atoms with Gasteiger partial charge in [0.15, 0.2) is 9.84 Å². The minimum absolute atomic E-state index is 0.115. The van der Waals surface area contributed by atoms with E-state index in [0.29, 0.717) is 0 Å². The maximum absolute atomic E-state index is 11.8. The Morgan fingerprint density at radius 2 is 1.76 bits per heavy atom. The molecule has 1 atom stereocenters. The fourth-order valence-electron chi connectivity index (χ4n) is 1.74. The van der Waals surface area contributed by atoms with E-state index in [1.54, 1.807) is 6.92 Å². The molecule has 4 N–H and O–H groups in total. The summed E-state index contributed by atoms with van der Waals surface area (Å²) in [5.41, 5.74) is 7.56. The number of hydrogen-bond acceptors (Lipinski definition) is 7. The van der Waals surface area contributed by atoms with Gasteiger partial charge in [0, 0.05) is 11.9 Å². The second-order valence-electron chi connectivity index (χ2n) is 5.53. The van der Waals surface area contributed by atoms with Crippen LogP contribution in [0.5, 0.6) is 0 Å². The zero-order chi connectivity index (χ0) is 19.6. The minimum atomic E-state index is -3.12. The van der Waals surface area contributed by atoms with Crippen LogP contribution in [0.2, 0.25) is 0 Å². The molecule has 0 aliphatic rings. The molecule has 1 aromatic carbocycles. The zero-order valence-corrected chi connectivity index (χ0v) is 15.7. The third-order valence-corrected chi connectivity index (χ3v) is 3.98. The first kappa shape index (κ1) is 22.9. The quantitative estimate of drug-likeness (QED) is 0.594. The molecule has 1 aromatic rings. The van der Waals surface area contributed by atoms with Crippen molar-refractivity contribution in [3.05, 3.63) is 29.3 Å². The Labute approximate surface area is 148 Å². The lowest BCUT2D eigenvalue weighted by Gasteiger charge is -2.18. The Morgan fingerprint density at radius 1 is 1.28 bits per heavy atom. The molecular formula is C16H26N2O6S. The van der Waals surface area contributed by atoms with Crippen molar-refractivity contribution in [2.75, 3.05) is 30.5 Å². The van der Waals surface area contributed by atoms with E-state index in [9.17, 15) is 18.0 Å². The van der Waals surface area contributed by atoms with E-state index in [-0.39, 0.29) is 18.9 Å². The smallest absolute Gasteiger partial charge is 0.328 e. The van der Waals surface area contributed by atoms with Gasteiger partial charge in [0.1, 0.15) is 12.6 Å². The fraction of sp³-hybridized carbons (Fsp3) is 0.500. The standard InChI is InChI=1S/C14H21NO4S.C2H5NO2/c1-10-6-5-7-11(2)13(10)15-12(3)14(16)19-8-9-20(4,17)18;3-1-2(4)5/h5-7,12,15H,8-9H2,1-4H3;1,3H2,(H,4,5)/t12-;/m0./s1. The highest BCUT2D eigenvalue weighted by molar-refractivity contribution is 7.90. The largest absolute Gasteiger partial charge is 0.480 e. The first-order chi connectivity index (χ1) is 11.5. The number of para-hydroxylation sites is 1. The Morgan fingerprint density at radius 3 is 2.16 bits per heavy atom. The van der Waals surface area contributed by atoms with Crippen LogP contribution in [0.1, 0.15) is 18.1 Å². The summed E-state index contributed by atoms with van der Waals surface area (Å²) in [6, 6.07) is 5.33. The molecule has 0 aromatic heterocycles. The molecule has 0 saturated heterocycles. The van der Waals surface area contributed by atoms with Crippen LogP contribution in [0.15, 0.2) is 18.2 Å². The van der Waals surface area contributed by atoms with Crippen molar-refractivity contribution in [2.45, 2.75) is 26.8 Å². The van der Waals surface area contributed by atoms with Gasteiger partial charge in [-0.3, -0.25) is 4.79 Å². The number of nitrogens with two attached hydrogens (primary N) is 1. The summed E-state index contributed by atoms with van der Waals surface area (Å²) in [6.45, 7) is 5.21. The van der Waals surface area contributed by atoms with Crippen LogP contribution in [-0.2, 0) is 24.2 Å². The van der Waals surface area contributed by atoms with Crippen LogP contribution in [0, 0.1) is 13.8 Å². The van der Waals surface area contributed by atoms with Gasteiger partial charge in [-0.2, -0.15) is 0 Å². The van der Waals surface area contributed by atoms with Gasteiger partial charge in [-0.25, -0.2) is 13.2 Å². The number of anilines is 1. The van der Waals surface area contributed by atoms with E-state index in [0.717, 1.165) is 23.1 Å². The lowest BCUT2D eigenvalue weighted by molar-refractivity contribution is -0.143. The monoisotopic (exact) mass is 374 g/mol. The number of esters is 1. The number of carbonyl (C=O) groups excluding carboxylic acids is 1. The minimum Gasteiger partial charge on any atom is -0.480 e. The number of aliphatic carboxylic acids is 1. The molecule has 142 valence electrons. The van der Waals surface area contributed by atoms with Crippen LogP contribution in [0.4, 0.5) is 5.69 Å². The van der Waals surface area contributed by atoms with Crippen LogP contribution >= 0.6 is 0 Å². The Balaban J connectivity index is 0.00000101. The average Bonchev–Trinajstić information content (AvgIpc) is 2.50. The second kappa shape index (κ2) is 10.7. The first-order valence-electron chi connectivity index (χ1n) is 7.57. The lowest BCUT2D eigenvalue weighted by Crippen LogP contribution is -2.30. The van der Waals surface area contributed by atoms with Gasteiger partial charge < -0.3 is 20.9 Å². The van der Waals surface area contributed by atoms with E-state index < -0.39 is 27.8 Å². The number of ether oxygens (including phenoxy) is 1. The van der Waals surface area contributed by atoms with Crippen LogP contribution < -0.4 is 11.1 Å². The Hall–Kier alpha value is -2.13. The predicted molar refractivity (Wildman–Crippen MR) is 96.4 cm³/mol. The number of benzene rings is 1. The number of nitrogens with one attached hydrogen (secondary N) is 1. The van der Waals surface area contributed by atoms with E-state index >= 15 is 0 Å². The fourth-order valence-corrected chi connectivity index (χ4v) is 2.12. The SMILES string of the molecule is Cc1cccc(C)c1N[C@@H](C)C(=O)OCCS(C)(=O)=O.NCC(=O)O. The van der Waals surface area contributed by atoms with Crippen molar-refractivity contribution in [2.24, 2.45) is 5.73 Å². The number of carbonyl (C=O) groups is 2. The van der Waals surface area contributed by atoms with Crippen molar-refractivity contribution in [1.82, 2.24) is 0 Å². The normalized spacial score (nSPS) is 11.7. The zero-order valence-electron chi connectivity index (χ0n) is 14.9. The molecular weight excluding hydrogens is 348 g/mol. The highest BCUT2D eigenvalue weighted by Crippen LogP contribution is 2.20. The third-order valence-electron chi connectivity index (χ3n) is 3.07. The summed E-state index contributed by atoms with van der Waals surface area (Å²) in [5.74, 6) is -1.59. The summed E-state index contributed by atoms with van der Waals surface area (Å²) in [7, 11) is -3.12. The van der Waals surface area contributed by atoms with Crippen molar-refractivity contribution in [3.63, 3.8) is 0 Å². The van der Waals surface area contributed by atoms with Crippen molar-refractivity contribution in [3.8, 4) is 0 Å². The summed E-state index contributed by atoms with van der Waals surface area (Å²) in [5, 5.41) is 10.7. The third kappa shape index (κ3) is 10.4. The van der Waals surface area contributed by atoms with Crippen LogP contribution in [-0.4, -0.2) is 56.7 Å². The highest BCUT2D eigenvalue weighted by Gasteiger charge is 2.16. The van der Waals surface area contributed by atoms with Gasteiger partial charge in [0.05, 0.1) is 12.3 Å². The second-order valence-corrected chi connectivity index (χ2v) is 7.79. The van der Waals surface area contributed by atoms with E-state index in [2.05, 4.69) is 11.1 Å². The molecule has 1 rings (SSSR count). The van der Waals surface area contributed by atoms with Gasteiger partial charge in [-0.15, -0.1) is 0 Å². The van der Waals surface area contributed by atoms with Gasteiger partial charge in [-0.05, 0) is 31.9 Å². The average molecular weight is 374 g/mol. The maximum Gasteiger partial charge on any atom is 0.328 e. The number of sulfone groups is 1. The number of carboxylic acid groups (broad SMARTS) is 1. The molecule has 0 radical (unpaired) electrons. The molecule has 0 aliphatic heterocycles. The number of hydrogen-bond donors (Lipinski definition) is 3. The molecule has 0 heterocycles.